The Morgan fingerprint density at radius 2 is 2.04 bits per heavy atom. The standard InChI is InChI=1S/C18H17N7/c1-10-8-11(2)15-13(9-10)16-17(20-15)21-18(25-23-16)24-22-12(3)14-6-4-5-7-19-14/h4-9H,1-3H3,(H2,20,21,24,25)/b22-12+. The number of hydrogen-bond donors (Lipinski definition) is 2. The number of rotatable bonds is 3. The lowest BCUT2D eigenvalue weighted by atomic mass is 10.1. The zero-order chi connectivity index (χ0) is 17.4. The van der Waals surface area contributed by atoms with Crippen molar-refractivity contribution < 1.29 is 0 Å². The number of H-pyrrole nitrogens is 1. The van der Waals surface area contributed by atoms with E-state index in [9.17, 15) is 0 Å². The molecule has 0 unspecified atom stereocenters. The second-order valence-electron chi connectivity index (χ2n) is 5.99. The lowest BCUT2D eigenvalue weighted by Crippen LogP contribution is -2.04. The number of benzene rings is 1. The van der Waals surface area contributed by atoms with Crippen molar-refractivity contribution in [2.45, 2.75) is 20.8 Å². The van der Waals surface area contributed by atoms with Crippen LogP contribution < -0.4 is 5.43 Å². The van der Waals surface area contributed by atoms with Crippen LogP contribution in [0.15, 0.2) is 41.6 Å². The van der Waals surface area contributed by atoms with E-state index in [-0.39, 0.29) is 0 Å². The SMILES string of the molecule is C/C(=N\Nc1nnc2c(n1)[nH]c1c(C)cc(C)cc12)c1ccccn1. The molecule has 0 fully saturated rings. The summed E-state index contributed by atoms with van der Waals surface area (Å²) in [5.74, 6) is 0.337. The quantitative estimate of drug-likeness (QED) is 0.444. The molecule has 124 valence electrons. The van der Waals surface area contributed by atoms with Crippen molar-refractivity contribution in [3.8, 4) is 0 Å². The summed E-state index contributed by atoms with van der Waals surface area (Å²) in [7, 11) is 0. The van der Waals surface area contributed by atoms with Gasteiger partial charge in [-0.15, -0.1) is 10.2 Å². The van der Waals surface area contributed by atoms with Gasteiger partial charge < -0.3 is 4.98 Å². The maximum atomic E-state index is 4.48. The summed E-state index contributed by atoms with van der Waals surface area (Å²) in [6.07, 6.45) is 1.73. The predicted octanol–water partition coefficient (Wildman–Crippen LogP) is 3.35. The van der Waals surface area contributed by atoms with E-state index in [0.29, 0.717) is 11.6 Å². The third kappa shape index (κ3) is 2.80. The molecule has 0 amide bonds. The van der Waals surface area contributed by atoms with Gasteiger partial charge in [-0.2, -0.15) is 10.1 Å². The molecule has 0 aliphatic carbocycles. The largest absolute Gasteiger partial charge is 0.337 e. The van der Waals surface area contributed by atoms with Gasteiger partial charge in [-0.25, -0.2) is 5.43 Å². The van der Waals surface area contributed by atoms with Crippen molar-refractivity contribution in [1.82, 2.24) is 25.1 Å². The van der Waals surface area contributed by atoms with Gasteiger partial charge in [0.15, 0.2) is 5.65 Å². The molecule has 1 aromatic carbocycles. The number of nitrogens with zero attached hydrogens (tertiary/aromatic N) is 5. The number of aromatic nitrogens is 5. The average Bonchev–Trinajstić information content (AvgIpc) is 2.98. The van der Waals surface area contributed by atoms with Crippen LogP contribution in [0.4, 0.5) is 5.95 Å². The highest BCUT2D eigenvalue weighted by atomic mass is 15.4. The molecule has 0 atom stereocenters. The first kappa shape index (κ1) is 15.2. The Hall–Kier alpha value is -3.35. The second kappa shape index (κ2) is 5.94. The van der Waals surface area contributed by atoms with Crippen LogP contribution in [-0.2, 0) is 0 Å². The fraction of sp³-hybridized carbons (Fsp3) is 0.167. The summed E-state index contributed by atoms with van der Waals surface area (Å²) in [4.78, 5) is 12.1. The lowest BCUT2D eigenvalue weighted by Gasteiger charge is -2.01. The van der Waals surface area contributed by atoms with E-state index in [0.717, 1.165) is 33.4 Å². The molecule has 25 heavy (non-hydrogen) atoms. The molecule has 0 radical (unpaired) electrons. The number of aromatic amines is 1. The minimum atomic E-state index is 0.337. The Balaban J connectivity index is 1.70. The molecule has 3 heterocycles. The van der Waals surface area contributed by atoms with E-state index in [2.05, 4.69) is 61.7 Å². The average molecular weight is 331 g/mol. The van der Waals surface area contributed by atoms with Gasteiger partial charge in [0.1, 0.15) is 5.52 Å². The van der Waals surface area contributed by atoms with Crippen molar-refractivity contribution in [1.29, 1.82) is 0 Å². The van der Waals surface area contributed by atoms with E-state index in [4.69, 9.17) is 0 Å². The van der Waals surface area contributed by atoms with Crippen molar-refractivity contribution in [2.24, 2.45) is 5.10 Å². The van der Waals surface area contributed by atoms with Gasteiger partial charge in [0.2, 0.25) is 0 Å². The van der Waals surface area contributed by atoms with Crippen LogP contribution in [0.1, 0.15) is 23.7 Å². The first-order valence-corrected chi connectivity index (χ1v) is 7.97. The number of fused-ring (bicyclic) bond motifs is 3. The molecule has 3 aromatic heterocycles. The fourth-order valence-corrected chi connectivity index (χ4v) is 2.85. The van der Waals surface area contributed by atoms with Crippen molar-refractivity contribution >= 4 is 33.7 Å². The normalized spacial score (nSPS) is 12.0. The van der Waals surface area contributed by atoms with E-state index in [1.165, 1.54) is 5.56 Å². The van der Waals surface area contributed by atoms with E-state index < -0.39 is 0 Å². The van der Waals surface area contributed by atoms with Crippen LogP contribution in [0.2, 0.25) is 0 Å². The lowest BCUT2D eigenvalue weighted by molar-refractivity contribution is 1.01. The summed E-state index contributed by atoms with van der Waals surface area (Å²) in [6.45, 7) is 6.01. The highest BCUT2D eigenvalue weighted by Crippen LogP contribution is 2.26. The van der Waals surface area contributed by atoms with Crippen LogP contribution in [-0.4, -0.2) is 30.9 Å². The zero-order valence-electron chi connectivity index (χ0n) is 14.2. The maximum Gasteiger partial charge on any atom is 0.265 e. The van der Waals surface area contributed by atoms with Gasteiger partial charge in [-0.1, -0.05) is 17.7 Å². The number of nitrogens with one attached hydrogen (secondary N) is 2. The first-order valence-electron chi connectivity index (χ1n) is 7.97. The molecule has 0 saturated heterocycles. The van der Waals surface area contributed by atoms with E-state index >= 15 is 0 Å². The molecular formula is C18H17N7. The van der Waals surface area contributed by atoms with E-state index in [1.807, 2.05) is 25.1 Å². The Kier molecular flexibility index (Phi) is 3.61. The summed E-state index contributed by atoms with van der Waals surface area (Å²) in [6, 6.07) is 9.90. The predicted molar refractivity (Wildman–Crippen MR) is 98.7 cm³/mol. The third-order valence-electron chi connectivity index (χ3n) is 4.02. The third-order valence-corrected chi connectivity index (χ3v) is 4.02. The van der Waals surface area contributed by atoms with Crippen LogP contribution in [0.25, 0.3) is 22.1 Å². The van der Waals surface area contributed by atoms with Crippen LogP contribution >= 0.6 is 0 Å². The van der Waals surface area contributed by atoms with Crippen LogP contribution in [0, 0.1) is 13.8 Å². The van der Waals surface area contributed by atoms with Gasteiger partial charge in [0.05, 0.1) is 16.9 Å². The van der Waals surface area contributed by atoms with E-state index in [1.54, 1.807) is 6.20 Å². The maximum absolute atomic E-state index is 4.48. The second-order valence-corrected chi connectivity index (χ2v) is 5.99. The highest BCUT2D eigenvalue weighted by molar-refractivity contribution is 6.04. The Morgan fingerprint density at radius 3 is 2.84 bits per heavy atom. The van der Waals surface area contributed by atoms with Crippen molar-refractivity contribution in [2.75, 3.05) is 5.43 Å². The molecular weight excluding hydrogens is 314 g/mol. The number of anilines is 1. The number of pyridine rings is 1. The molecule has 0 saturated carbocycles. The molecule has 7 nitrogen and oxygen atoms in total. The summed E-state index contributed by atoms with van der Waals surface area (Å²) < 4.78 is 0. The molecule has 0 aliphatic heterocycles. The number of aryl methyl sites for hydroxylation is 2. The zero-order valence-corrected chi connectivity index (χ0v) is 14.2. The first-order chi connectivity index (χ1) is 12.1. The van der Waals surface area contributed by atoms with Gasteiger partial charge in [-0.3, -0.25) is 4.98 Å². The van der Waals surface area contributed by atoms with Crippen molar-refractivity contribution in [3.63, 3.8) is 0 Å². The summed E-state index contributed by atoms with van der Waals surface area (Å²) >= 11 is 0. The van der Waals surface area contributed by atoms with Gasteiger partial charge in [0, 0.05) is 11.6 Å². The molecule has 4 aromatic rings. The molecule has 7 heteroatoms. The molecule has 2 N–H and O–H groups in total. The topological polar surface area (TPSA) is 91.7 Å². The highest BCUT2D eigenvalue weighted by Gasteiger charge is 2.11. The van der Waals surface area contributed by atoms with Crippen LogP contribution in [0.3, 0.4) is 0 Å². The molecule has 0 spiro atoms. The molecule has 4 rings (SSSR count). The van der Waals surface area contributed by atoms with Gasteiger partial charge >= 0.3 is 0 Å². The summed E-state index contributed by atoms with van der Waals surface area (Å²) in [5.41, 5.74) is 9.21. The number of hydrazone groups is 1. The fourth-order valence-electron chi connectivity index (χ4n) is 2.85. The monoisotopic (exact) mass is 331 g/mol. The minimum Gasteiger partial charge on any atom is -0.337 e. The minimum absolute atomic E-state index is 0.337. The Labute approximate surface area is 144 Å². The molecule has 0 aliphatic rings. The number of hydrogen-bond acceptors (Lipinski definition) is 6. The smallest absolute Gasteiger partial charge is 0.265 e. The van der Waals surface area contributed by atoms with Gasteiger partial charge in [0.25, 0.3) is 5.95 Å². The summed E-state index contributed by atoms with van der Waals surface area (Å²) in [5, 5.41) is 13.8. The molecule has 0 bridgehead atoms. The van der Waals surface area contributed by atoms with Gasteiger partial charge in [-0.05, 0) is 44.5 Å². The Morgan fingerprint density at radius 1 is 1.16 bits per heavy atom. The Bertz CT molecular complexity index is 1100. The van der Waals surface area contributed by atoms with Crippen LogP contribution in [0.5, 0.6) is 0 Å². The van der Waals surface area contributed by atoms with Crippen molar-refractivity contribution in [3.05, 3.63) is 53.3 Å².